The molecule has 1 aromatic rings. The van der Waals surface area contributed by atoms with E-state index < -0.39 is 11.3 Å². The van der Waals surface area contributed by atoms with Crippen molar-refractivity contribution in [3.05, 3.63) is 34.9 Å². The molecular weight excluding hydrogens is 298 g/mol. The minimum atomic E-state index is -0.702. The van der Waals surface area contributed by atoms with E-state index in [0.717, 1.165) is 29.5 Å². The van der Waals surface area contributed by atoms with Crippen LogP contribution in [0.4, 0.5) is 0 Å². The maximum atomic E-state index is 11.6. The lowest BCUT2D eigenvalue weighted by Gasteiger charge is -2.23. The van der Waals surface area contributed by atoms with Crippen molar-refractivity contribution in [1.82, 2.24) is 0 Å². The summed E-state index contributed by atoms with van der Waals surface area (Å²) in [7, 11) is 0. The zero-order valence-electron chi connectivity index (χ0n) is 13.0. The van der Waals surface area contributed by atoms with Crippen LogP contribution in [0.15, 0.2) is 18.2 Å². The molecule has 1 aliphatic rings. The van der Waals surface area contributed by atoms with Crippen LogP contribution in [-0.4, -0.2) is 18.0 Å². The minimum Gasteiger partial charge on any atom is -0.465 e. The maximum absolute atomic E-state index is 11.6. The van der Waals surface area contributed by atoms with Gasteiger partial charge in [0.25, 0.3) is 0 Å². The molecule has 0 radical (unpaired) electrons. The number of esters is 1. The van der Waals surface area contributed by atoms with Crippen molar-refractivity contribution in [2.75, 3.05) is 6.61 Å². The highest BCUT2D eigenvalue weighted by molar-refractivity contribution is 6.30. The van der Waals surface area contributed by atoms with Crippen molar-refractivity contribution in [1.29, 1.82) is 5.26 Å². The summed E-state index contributed by atoms with van der Waals surface area (Å²) in [5.41, 5.74) is 2.77. The molecule has 1 unspecified atom stereocenters. The summed E-state index contributed by atoms with van der Waals surface area (Å²) in [6.45, 7) is 2.08. The first-order valence-corrected chi connectivity index (χ1v) is 8.43. The lowest BCUT2D eigenvalue weighted by Crippen LogP contribution is -2.20. The largest absolute Gasteiger partial charge is 0.465 e. The van der Waals surface area contributed by atoms with Gasteiger partial charge in [-0.2, -0.15) is 5.26 Å². The van der Waals surface area contributed by atoms with Crippen molar-refractivity contribution in [2.24, 2.45) is 0 Å². The summed E-state index contributed by atoms with van der Waals surface area (Å²) in [5.74, 6) is 0.0911. The molecule has 118 valence electrons. The van der Waals surface area contributed by atoms with Gasteiger partial charge < -0.3 is 4.74 Å². The minimum absolute atomic E-state index is 0.326. The van der Waals surface area contributed by atoms with Crippen LogP contribution in [0, 0.1) is 11.3 Å². The Kier molecular flexibility index (Phi) is 6.27. The zero-order valence-corrected chi connectivity index (χ0v) is 13.7. The van der Waals surface area contributed by atoms with Crippen molar-refractivity contribution >= 4 is 17.6 Å². The Balaban J connectivity index is 2.11. The Hall–Kier alpha value is -1.53. The molecular formula is C18H22ClNO2. The molecule has 1 saturated carbocycles. The van der Waals surface area contributed by atoms with Gasteiger partial charge in [0.15, 0.2) is 0 Å². The lowest BCUT2D eigenvalue weighted by molar-refractivity contribution is -0.142. The third kappa shape index (κ3) is 4.24. The highest BCUT2D eigenvalue weighted by atomic mass is 35.5. The molecule has 0 bridgehead atoms. The second kappa shape index (κ2) is 8.19. The summed E-state index contributed by atoms with van der Waals surface area (Å²) in [4.78, 5) is 11.6. The maximum Gasteiger partial charge on any atom is 0.324 e. The molecule has 1 fully saturated rings. The van der Waals surface area contributed by atoms with Gasteiger partial charge in [0.2, 0.25) is 0 Å². The molecule has 0 N–H and O–H groups in total. The Morgan fingerprint density at radius 2 is 2.14 bits per heavy atom. The Bertz CT molecular complexity index is 559. The summed E-state index contributed by atoms with van der Waals surface area (Å²) in [6.07, 6.45) is 6.49. The molecule has 1 atom stereocenters. The average molecular weight is 320 g/mol. The summed E-state index contributed by atoms with van der Waals surface area (Å²) in [5, 5.41) is 8.72. The normalized spacial score (nSPS) is 16.8. The number of hydrogen-bond donors (Lipinski definition) is 0. The van der Waals surface area contributed by atoms with Crippen LogP contribution in [-0.2, 0) is 16.0 Å². The third-order valence-electron chi connectivity index (χ3n) is 4.24. The summed E-state index contributed by atoms with van der Waals surface area (Å²) >= 11 is 6.07. The Morgan fingerprint density at radius 3 is 2.77 bits per heavy atom. The van der Waals surface area contributed by atoms with Crippen LogP contribution >= 0.6 is 11.6 Å². The molecule has 2 rings (SSSR count). The Labute approximate surface area is 137 Å². The summed E-state index contributed by atoms with van der Waals surface area (Å²) < 4.78 is 4.92. The predicted octanol–water partition coefficient (Wildman–Crippen LogP) is 4.32. The number of halogens is 1. The topological polar surface area (TPSA) is 50.1 Å². The van der Waals surface area contributed by atoms with Crippen LogP contribution in [0.2, 0.25) is 0 Å². The molecule has 0 aliphatic heterocycles. The van der Waals surface area contributed by atoms with E-state index in [4.69, 9.17) is 16.3 Å². The summed E-state index contributed by atoms with van der Waals surface area (Å²) in [6, 6.07) is 8.20. The number of carbonyl (C=O) groups excluding carboxylic acids is 1. The molecule has 0 spiro atoms. The highest BCUT2D eigenvalue weighted by Crippen LogP contribution is 2.34. The van der Waals surface area contributed by atoms with E-state index in [0.29, 0.717) is 18.9 Å². The van der Waals surface area contributed by atoms with Crippen molar-refractivity contribution < 1.29 is 9.53 Å². The van der Waals surface area contributed by atoms with Gasteiger partial charge in [-0.05, 0) is 49.3 Å². The third-order valence-corrected chi connectivity index (χ3v) is 4.57. The van der Waals surface area contributed by atoms with Gasteiger partial charge in [0.1, 0.15) is 5.38 Å². The Morgan fingerprint density at radius 1 is 1.41 bits per heavy atom. The fraction of sp³-hybridized carbons (Fsp3) is 0.556. The molecule has 4 heteroatoms. The van der Waals surface area contributed by atoms with Crippen molar-refractivity contribution in [2.45, 2.75) is 56.7 Å². The smallest absolute Gasteiger partial charge is 0.324 e. The van der Waals surface area contributed by atoms with E-state index in [9.17, 15) is 10.1 Å². The first kappa shape index (κ1) is 16.8. The molecule has 0 saturated heterocycles. The van der Waals surface area contributed by atoms with Crippen LogP contribution < -0.4 is 0 Å². The second-order valence-corrected chi connectivity index (χ2v) is 6.32. The lowest BCUT2D eigenvalue weighted by atomic mass is 9.81. The molecule has 1 aliphatic carbocycles. The van der Waals surface area contributed by atoms with Crippen molar-refractivity contribution in [3.63, 3.8) is 0 Å². The molecule has 0 aromatic heterocycles. The van der Waals surface area contributed by atoms with Gasteiger partial charge in [-0.1, -0.05) is 31.4 Å². The number of rotatable bonds is 5. The SMILES string of the molecule is CCOC(=O)C(Cl)Cc1ccc(C2CCCCC2)c(C#N)c1. The average Bonchev–Trinajstić information content (AvgIpc) is 2.55. The van der Waals surface area contributed by atoms with Gasteiger partial charge in [-0.15, -0.1) is 11.6 Å². The van der Waals surface area contributed by atoms with Crippen LogP contribution in [0.1, 0.15) is 61.6 Å². The predicted molar refractivity (Wildman–Crippen MR) is 87.0 cm³/mol. The molecule has 22 heavy (non-hydrogen) atoms. The fourth-order valence-electron chi connectivity index (χ4n) is 3.12. The van der Waals surface area contributed by atoms with E-state index in [2.05, 4.69) is 6.07 Å². The standard InChI is InChI=1S/C18H22ClNO2/c1-2-22-18(21)17(19)11-13-8-9-16(15(10-13)12-20)14-6-4-3-5-7-14/h8-10,14,17H,2-7,11H2,1H3. The van der Waals surface area contributed by atoms with E-state index >= 15 is 0 Å². The van der Waals surface area contributed by atoms with Gasteiger partial charge >= 0.3 is 5.97 Å². The fourth-order valence-corrected chi connectivity index (χ4v) is 3.36. The van der Waals surface area contributed by atoms with Crippen LogP contribution in [0.3, 0.4) is 0 Å². The van der Waals surface area contributed by atoms with Crippen LogP contribution in [0.25, 0.3) is 0 Å². The number of alkyl halides is 1. The van der Waals surface area contributed by atoms with E-state index in [1.54, 1.807) is 6.92 Å². The number of ether oxygens (including phenoxy) is 1. The number of nitrogens with zero attached hydrogens (tertiary/aromatic N) is 1. The molecule has 3 nitrogen and oxygen atoms in total. The number of nitriles is 1. The van der Waals surface area contributed by atoms with E-state index in [1.807, 2.05) is 18.2 Å². The van der Waals surface area contributed by atoms with Gasteiger partial charge in [0.05, 0.1) is 18.2 Å². The van der Waals surface area contributed by atoms with Gasteiger partial charge in [-0.25, -0.2) is 0 Å². The van der Waals surface area contributed by atoms with Crippen molar-refractivity contribution in [3.8, 4) is 6.07 Å². The first-order valence-electron chi connectivity index (χ1n) is 7.99. The quantitative estimate of drug-likeness (QED) is 0.600. The van der Waals surface area contributed by atoms with Crippen LogP contribution in [0.5, 0.6) is 0 Å². The molecule has 0 amide bonds. The van der Waals surface area contributed by atoms with Gasteiger partial charge in [0, 0.05) is 0 Å². The van der Waals surface area contributed by atoms with Gasteiger partial charge in [-0.3, -0.25) is 4.79 Å². The highest BCUT2D eigenvalue weighted by Gasteiger charge is 2.21. The molecule has 1 aromatic carbocycles. The monoisotopic (exact) mass is 319 g/mol. The number of carbonyl (C=O) groups is 1. The van der Waals surface area contributed by atoms with E-state index in [1.165, 1.54) is 19.3 Å². The zero-order chi connectivity index (χ0) is 15.9. The molecule has 0 heterocycles. The first-order chi connectivity index (χ1) is 10.7. The van der Waals surface area contributed by atoms with E-state index in [-0.39, 0.29) is 0 Å². The second-order valence-electron chi connectivity index (χ2n) is 5.79. The number of benzene rings is 1. The number of hydrogen-bond acceptors (Lipinski definition) is 3.